The van der Waals surface area contributed by atoms with Gasteiger partial charge in [-0.2, -0.15) is 0 Å². The maximum Gasteiger partial charge on any atom is 0.292 e. The molecule has 0 aliphatic carbocycles. The second-order valence-corrected chi connectivity index (χ2v) is 5.43. The van der Waals surface area contributed by atoms with Gasteiger partial charge in [-0.25, -0.2) is 0 Å². The van der Waals surface area contributed by atoms with E-state index in [4.69, 9.17) is 4.42 Å². The van der Waals surface area contributed by atoms with Gasteiger partial charge in [0.1, 0.15) is 11.3 Å². The first-order chi connectivity index (χ1) is 11.5. The van der Waals surface area contributed by atoms with E-state index in [9.17, 15) is 14.9 Å². The number of hydrogen-bond acceptors (Lipinski definition) is 4. The van der Waals surface area contributed by atoms with Crippen LogP contribution in [0.5, 0.6) is 0 Å². The molecule has 24 heavy (non-hydrogen) atoms. The molecule has 3 aromatic rings. The maximum absolute atomic E-state index is 12.6. The maximum atomic E-state index is 12.6. The minimum Gasteiger partial charge on any atom is -0.450 e. The van der Waals surface area contributed by atoms with Gasteiger partial charge in [0, 0.05) is 17.0 Å². The van der Waals surface area contributed by atoms with Crippen LogP contribution in [0.1, 0.15) is 28.6 Å². The fourth-order valence-electron chi connectivity index (χ4n) is 2.71. The third kappa shape index (κ3) is 2.62. The minimum atomic E-state index is -0.531. The molecule has 0 unspecified atom stereocenters. The lowest BCUT2D eigenvalue weighted by atomic mass is 10.1. The summed E-state index contributed by atoms with van der Waals surface area (Å²) >= 11 is 0. The summed E-state index contributed by atoms with van der Waals surface area (Å²) in [6.45, 7) is 3.82. The highest BCUT2D eigenvalue weighted by Gasteiger charge is 2.22. The molecule has 2 aromatic carbocycles. The lowest BCUT2D eigenvalue weighted by molar-refractivity contribution is -0.383. The molecule has 3 rings (SSSR count). The normalized spacial score (nSPS) is 10.8. The summed E-state index contributed by atoms with van der Waals surface area (Å²) in [7, 11) is 0. The van der Waals surface area contributed by atoms with E-state index in [1.54, 1.807) is 19.1 Å². The van der Waals surface area contributed by atoms with Crippen LogP contribution in [0.2, 0.25) is 0 Å². The molecular weight excluding hydrogens is 308 g/mol. The van der Waals surface area contributed by atoms with Gasteiger partial charge in [-0.1, -0.05) is 37.3 Å². The highest BCUT2D eigenvalue weighted by atomic mass is 16.6. The van der Waals surface area contributed by atoms with E-state index in [1.807, 2.05) is 25.1 Å². The van der Waals surface area contributed by atoms with Crippen molar-refractivity contribution in [2.75, 3.05) is 5.32 Å². The largest absolute Gasteiger partial charge is 0.450 e. The Labute approximate surface area is 138 Å². The van der Waals surface area contributed by atoms with Gasteiger partial charge in [0.2, 0.25) is 0 Å². The summed E-state index contributed by atoms with van der Waals surface area (Å²) in [5, 5.41) is 14.5. The van der Waals surface area contributed by atoms with Crippen molar-refractivity contribution in [2.24, 2.45) is 0 Å². The number of fused-ring (bicyclic) bond motifs is 1. The molecule has 1 heterocycles. The highest BCUT2D eigenvalue weighted by Crippen LogP contribution is 2.30. The van der Waals surface area contributed by atoms with Gasteiger partial charge in [0.25, 0.3) is 11.6 Å². The summed E-state index contributed by atoms with van der Waals surface area (Å²) < 4.78 is 5.77. The van der Waals surface area contributed by atoms with Gasteiger partial charge < -0.3 is 9.73 Å². The number of nitro groups is 1. The molecule has 1 amide bonds. The van der Waals surface area contributed by atoms with E-state index < -0.39 is 10.8 Å². The molecule has 0 aliphatic heterocycles. The van der Waals surface area contributed by atoms with Crippen molar-refractivity contribution in [2.45, 2.75) is 20.3 Å². The van der Waals surface area contributed by atoms with Crippen molar-refractivity contribution in [1.29, 1.82) is 0 Å². The Morgan fingerprint density at radius 1 is 1.21 bits per heavy atom. The second-order valence-electron chi connectivity index (χ2n) is 5.43. The van der Waals surface area contributed by atoms with E-state index in [-0.39, 0.29) is 17.1 Å². The highest BCUT2D eigenvalue weighted by molar-refractivity contribution is 6.07. The monoisotopic (exact) mass is 324 g/mol. The van der Waals surface area contributed by atoms with E-state index in [2.05, 4.69) is 5.32 Å². The van der Waals surface area contributed by atoms with E-state index >= 15 is 0 Å². The Morgan fingerprint density at radius 2 is 1.96 bits per heavy atom. The van der Waals surface area contributed by atoms with Gasteiger partial charge in [-0.05, 0) is 25.0 Å². The molecule has 0 spiro atoms. The molecule has 1 aromatic heterocycles. The fourth-order valence-corrected chi connectivity index (χ4v) is 2.71. The van der Waals surface area contributed by atoms with Gasteiger partial charge in [0.15, 0.2) is 5.76 Å². The SMILES string of the molecule is CCc1cccc2c(C)c(C(=O)Nc3ccccc3[N+](=O)[O-])oc12. The number of carbonyl (C=O) groups is 1. The van der Waals surface area contributed by atoms with Crippen LogP contribution in [0.15, 0.2) is 46.9 Å². The molecule has 0 saturated heterocycles. The lowest BCUT2D eigenvalue weighted by Gasteiger charge is -2.04. The number of nitrogens with one attached hydrogen (secondary N) is 1. The molecule has 122 valence electrons. The Hall–Kier alpha value is -3.15. The number of para-hydroxylation sites is 3. The van der Waals surface area contributed by atoms with Crippen molar-refractivity contribution in [3.05, 3.63) is 69.5 Å². The van der Waals surface area contributed by atoms with E-state index in [0.717, 1.165) is 22.9 Å². The standard InChI is InChI=1S/C18H16N2O4/c1-3-12-7-6-8-13-11(2)16(24-17(12)13)18(21)19-14-9-4-5-10-15(14)20(22)23/h4-10H,3H2,1-2H3,(H,19,21). The van der Waals surface area contributed by atoms with Crippen LogP contribution in [0.4, 0.5) is 11.4 Å². The van der Waals surface area contributed by atoms with Crippen LogP contribution in [0.3, 0.4) is 0 Å². The summed E-state index contributed by atoms with van der Waals surface area (Å²) in [6, 6.07) is 11.8. The molecule has 0 saturated carbocycles. The number of nitrogens with zero attached hydrogens (tertiary/aromatic N) is 1. The van der Waals surface area contributed by atoms with Crippen LogP contribution in [0, 0.1) is 17.0 Å². The second kappa shape index (κ2) is 6.16. The number of rotatable bonds is 4. The Morgan fingerprint density at radius 3 is 2.67 bits per heavy atom. The van der Waals surface area contributed by atoms with Crippen LogP contribution < -0.4 is 5.32 Å². The number of carbonyl (C=O) groups excluding carboxylic acids is 1. The number of amides is 1. The van der Waals surface area contributed by atoms with Gasteiger partial charge in [-0.3, -0.25) is 14.9 Å². The topological polar surface area (TPSA) is 85.4 Å². The van der Waals surface area contributed by atoms with Crippen LogP contribution in [-0.4, -0.2) is 10.8 Å². The van der Waals surface area contributed by atoms with Gasteiger partial charge in [-0.15, -0.1) is 0 Å². The van der Waals surface area contributed by atoms with Crippen molar-refractivity contribution >= 4 is 28.3 Å². The average Bonchev–Trinajstić information content (AvgIpc) is 2.92. The fraction of sp³-hybridized carbons (Fsp3) is 0.167. The molecule has 1 N–H and O–H groups in total. The summed E-state index contributed by atoms with van der Waals surface area (Å²) in [6.07, 6.45) is 0.787. The minimum absolute atomic E-state index is 0.142. The Balaban J connectivity index is 2.01. The third-order valence-electron chi connectivity index (χ3n) is 3.98. The zero-order valence-corrected chi connectivity index (χ0v) is 13.3. The van der Waals surface area contributed by atoms with Crippen molar-refractivity contribution in [3.8, 4) is 0 Å². The van der Waals surface area contributed by atoms with Gasteiger partial charge >= 0.3 is 0 Å². The summed E-state index contributed by atoms with van der Waals surface area (Å²) in [5.41, 5.74) is 2.40. The lowest BCUT2D eigenvalue weighted by Crippen LogP contribution is -2.13. The van der Waals surface area contributed by atoms with E-state index in [1.165, 1.54) is 12.1 Å². The number of hydrogen-bond donors (Lipinski definition) is 1. The predicted molar refractivity (Wildman–Crippen MR) is 91.4 cm³/mol. The van der Waals surface area contributed by atoms with Gasteiger partial charge in [0.05, 0.1) is 4.92 Å². The van der Waals surface area contributed by atoms with Crippen molar-refractivity contribution in [3.63, 3.8) is 0 Å². The third-order valence-corrected chi connectivity index (χ3v) is 3.98. The first kappa shape index (κ1) is 15.7. The number of benzene rings is 2. The smallest absolute Gasteiger partial charge is 0.292 e. The van der Waals surface area contributed by atoms with E-state index in [0.29, 0.717) is 5.58 Å². The number of aryl methyl sites for hydroxylation is 2. The molecule has 0 fully saturated rings. The van der Waals surface area contributed by atoms with Crippen LogP contribution in [-0.2, 0) is 6.42 Å². The first-order valence-electron chi connectivity index (χ1n) is 7.58. The predicted octanol–water partition coefficient (Wildman–Crippen LogP) is 4.46. The number of nitro benzene ring substituents is 1. The molecule has 0 radical (unpaired) electrons. The zero-order valence-electron chi connectivity index (χ0n) is 13.3. The molecule has 0 aliphatic rings. The molecule has 6 nitrogen and oxygen atoms in total. The summed E-state index contributed by atoms with van der Waals surface area (Å²) in [4.78, 5) is 23.1. The zero-order chi connectivity index (χ0) is 17.3. The first-order valence-corrected chi connectivity index (χ1v) is 7.58. The average molecular weight is 324 g/mol. The van der Waals surface area contributed by atoms with Crippen molar-refractivity contribution in [1.82, 2.24) is 0 Å². The Kier molecular flexibility index (Phi) is 4.04. The van der Waals surface area contributed by atoms with Crippen LogP contribution in [0.25, 0.3) is 11.0 Å². The molecule has 6 heteroatoms. The number of anilines is 1. The molecule has 0 atom stereocenters. The summed E-state index contributed by atoms with van der Waals surface area (Å²) in [5.74, 6) is -0.330. The quantitative estimate of drug-likeness (QED) is 0.567. The van der Waals surface area contributed by atoms with Crippen LogP contribution >= 0.6 is 0 Å². The molecular formula is C18H16N2O4. The van der Waals surface area contributed by atoms with Crippen molar-refractivity contribution < 1.29 is 14.1 Å². The molecule has 0 bridgehead atoms. The Bertz CT molecular complexity index is 943. The number of furan rings is 1.